The van der Waals surface area contributed by atoms with Gasteiger partial charge < -0.3 is 15.5 Å². The lowest BCUT2D eigenvalue weighted by Crippen LogP contribution is -2.31. The highest BCUT2D eigenvalue weighted by Gasteiger charge is 2.24. The molecule has 1 aromatic carbocycles. The largest absolute Gasteiger partial charge is 0.378 e. The maximum absolute atomic E-state index is 12.1. The first-order valence-corrected chi connectivity index (χ1v) is 5.90. The second kappa shape index (κ2) is 4.75. The van der Waals surface area contributed by atoms with Crippen LogP contribution in [-0.4, -0.2) is 44.0 Å². The Morgan fingerprint density at radius 1 is 1.35 bits per heavy atom. The molecule has 1 aliphatic heterocycles. The van der Waals surface area contributed by atoms with Crippen molar-refractivity contribution in [2.45, 2.75) is 12.5 Å². The highest BCUT2D eigenvalue weighted by atomic mass is 16.2. The molecule has 1 aliphatic rings. The molecule has 0 spiro atoms. The van der Waals surface area contributed by atoms with E-state index in [1.165, 1.54) is 0 Å². The first-order valence-electron chi connectivity index (χ1n) is 5.90. The van der Waals surface area contributed by atoms with Crippen molar-refractivity contribution in [3.05, 3.63) is 29.8 Å². The lowest BCUT2D eigenvalue weighted by atomic mass is 10.2. The molecule has 0 aromatic heterocycles. The number of hydrogen-bond donors (Lipinski definition) is 1. The predicted molar refractivity (Wildman–Crippen MR) is 69.3 cm³/mol. The quantitative estimate of drug-likeness (QED) is 0.826. The molecule has 0 unspecified atom stereocenters. The number of rotatable bonds is 2. The van der Waals surface area contributed by atoms with Crippen LogP contribution < -0.4 is 10.6 Å². The van der Waals surface area contributed by atoms with Gasteiger partial charge in [-0.1, -0.05) is 0 Å². The number of nitrogens with two attached hydrogens (primary N) is 1. The summed E-state index contributed by atoms with van der Waals surface area (Å²) in [5.74, 6) is 0.0863. The van der Waals surface area contributed by atoms with Crippen LogP contribution in [0.15, 0.2) is 24.3 Å². The van der Waals surface area contributed by atoms with Gasteiger partial charge in [0.15, 0.2) is 0 Å². The van der Waals surface area contributed by atoms with Crippen molar-refractivity contribution in [1.29, 1.82) is 0 Å². The Bertz CT molecular complexity index is 400. The van der Waals surface area contributed by atoms with Crippen LogP contribution in [0.1, 0.15) is 16.8 Å². The molecule has 0 radical (unpaired) electrons. The zero-order valence-electron chi connectivity index (χ0n) is 10.4. The normalized spacial score (nSPS) is 19.5. The number of anilines is 1. The van der Waals surface area contributed by atoms with E-state index in [1.54, 1.807) is 0 Å². The van der Waals surface area contributed by atoms with Crippen molar-refractivity contribution in [2.75, 3.05) is 32.1 Å². The van der Waals surface area contributed by atoms with E-state index in [0.29, 0.717) is 6.54 Å². The van der Waals surface area contributed by atoms with E-state index in [0.717, 1.165) is 24.2 Å². The van der Waals surface area contributed by atoms with Crippen molar-refractivity contribution in [2.24, 2.45) is 5.73 Å². The maximum Gasteiger partial charge on any atom is 0.253 e. The summed E-state index contributed by atoms with van der Waals surface area (Å²) >= 11 is 0. The summed E-state index contributed by atoms with van der Waals surface area (Å²) in [6.07, 6.45) is 0.904. The highest BCUT2D eigenvalue weighted by Crippen LogP contribution is 2.16. The van der Waals surface area contributed by atoms with Crippen LogP contribution in [-0.2, 0) is 0 Å². The Balaban J connectivity index is 2.09. The minimum absolute atomic E-state index is 0.0863. The molecule has 0 bridgehead atoms. The van der Waals surface area contributed by atoms with Crippen molar-refractivity contribution < 1.29 is 4.79 Å². The van der Waals surface area contributed by atoms with Crippen LogP contribution >= 0.6 is 0 Å². The fourth-order valence-corrected chi connectivity index (χ4v) is 2.06. The smallest absolute Gasteiger partial charge is 0.253 e. The third kappa shape index (κ3) is 2.58. The van der Waals surface area contributed by atoms with E-state index >= 15 is 0 Å². The van der Waals surface area contributed by atoms with Crippen LogP contribution in [0.5, 0.6) is 0 Å². The number of carbonyl (C=O) groups excluding carboxylic acids is 1. The first kappa shape index (κ1) is 11.9. The SMILES string of the molecule is CN(C)c1ccc(C(=O)N2CC[C@H](N)C2)cc1. The Labute approximate surface area is 102 Å². The average molecular weight is 233 g/mol. The summed E-state index contributed by atoms with van der Waals surface area (Å²) in [6.45, 7) is 1.45. The van der Waals surface area contributed by atoms with Gasteiger partial charge in [0.25, 0.3) is 5.91 Å². The van der Waals surface area contributed by atoms with Gasteiger partial charge >= 0.3 is 0 Å². The summed E-state index contributed by atoms with van der Waals surface area (Å²) in [5, 5.41) is 0. The number of amides is 1. The molecule has 1 atom stereocenters. The lowest BCUT2D eigenvalue weighted by molar-refractivity contribution is 0.0791. The van der Waals surface area contributed by atoms with E-state index in [4.69, 9.17) is 5.73 Å². The van der Waals surface area contributed by atoms with Gasteiger partial charge in [-0.15, -0.1) is 0 Å². The highest BCUT2D eigenvalue weighted by molar-refractivity contribution is 5.94. The molecule has 1 saturated heterocycles. The van der Waals surface area contributed by atoms with E-state index in [-0.39, 0.29) is 11.9 Å². The van der Waals surface area contributed by atoms with Crippen LogP contribution in [0.4, 0.5) is 5.69 Å². The standard InChI is InChI=1S/C13H19N3O/c1-15(2)12-5-3-10(4-6-12)13(17)16-8-7-11(14)9-16/h3-6,11H,7-9,14H2,1-2H3/t11-/m0/s1. The molecule has 92 valence electrons. The van der Waals surface area contributed by atoms with Gasteiger partial charge in [-0.3, -0.25) is 4.79 Å². The molecule has 1 amide bonds. The van der Waals surface area contributed by atoms with Crippen molar-refractivity contribution >= 4 is 11.6 Å². The second-order valence-electron chi connectivity index (χ2n) is 4.74. The van der Waals surface area contributed by atoms with E-state index in [9.17, 15) is 4.79 Å². The Morgan fingerprint density at radius 3 is 2.47 bits per heavy atom. The van der Waals surface area contributed by atoms with E-state index in [1.807, 2.05) is 48.2 Å². The fourth-order valence-electron chi connectivity index (χ4n) is 2.06. The van der Waals surface area contributed by atoms with Gasteiger partial charge in [-0.25, -0.2) is 0 Å². The maximum atomic E-state index is 12.1. The summed E-state index contributed by atoms with van der Waals surface area (Å²) in [5.41, 5.74) is 7.64. The number of benzene rings is 1. The number of likely N-dealkylation sites (tertiary alicyclic amines) is 1. The second-order valence-corrected chi connectivity index (χ2v) is 4.74. The molecule has 1 aromatic rings. The molecule has 17 heavy (non-hydrogen) atoms. The molecule has 0 aliphatic carbocycles. The molecular weight excluding hydrogens is 214 g/mol. The zero-order chi connectivity index (χ0) is 12.4. The topological polar surface area (TPSA) is 49.6 Å². The van der Waals surface area contributed by atoms with E-state index in [2.05, 4.69) is 0 Å². The Morgan fingerprint density at radius 2 is 2.00 bits per heavy atom. The molecule has 1 fully saturated rings. The van der Waals surface area contributed by atoms with Crippen LogP contribution in [0.2, 0.25) is 0 Å². The third-order valence-corrected chi connectivity index (χ3v) is 3.14. The lowest BCUT2D eigenvalue weighted by Gasteiger charge is -2.17. The summed E-state index contributed by atoms with van der Waals surface area (Å²) < 4.78 is 0. The van der Waals surface area contributed by atoms with Crippen molar-refractivity contribution in [1.82, 2.24) is 4.90 Å². The first-order chi connectivity index (χ1) is 8.08. The average Bonchev–Trinajstić information content (AvgIpc) is 2.75. The Kier molecular flexibility index (Phi) is 3.33. The van der Waals surface area contributed by atoms with E-state index < -0.39 is 0 Å². The third-order valence-electron chi connectivity index (χ3n) is 3.14. The number of nitrogens with zero attached hydrogens (tertiary/aromatic N) is 2. The molecule has 4 nitrogen and oxygen atoms in total. The molecule has 1 heterocycles. The molecule has 2 rings (SSSR count). The van der Waals surface area contributed by atoms with Gasteiger partial charge in [-0.2, -0.15) is 0 Å². The van der Waals surface area contributed by atoms with Crippen LogP contribution in [0, 0.1) is 0 Å². The minimum atomic E-state index is 0.0863. The van der Waals surface area contributed by atoms with Gasteiger partial charge in [0.1, 0.15) is 0 Å². The predicted octanol–water partition coefficient (Wildman–Crippen LogP) is 0.926. The molecular formula is C13H19N3O. The van der Waals surface area contributed by atoms with Gasteiger partial charge in [-0.05, 0) is 30.7 Å². The zero-order valence-corrected chi connectivity index (χ0v) is 10.4. The molecule has 0 saturated carbocycles. The van der Waals surface area contributed by atoms with Crippen LogP contribution in [0.25, 0.3) is 0 Å². The van der Waals surface area contributed by atoms with Crippen LogP contribution in [0.3, 0.4) is 0 Å². The molecule has 2 N–H and O–H groups in total. The summed E-state index contributed by atoms with van der Waals surface area (Å²) in [7, 11) is 3.96. The molecule has 4 heteroatoms. The van der Waals surface area contributed by atoms with Crippen molar-refractivity contribution in [3.63, 3.8) is 0 Å². The Hall–Kier alpha value is -1.55. The van der Waals surface area contributed by atoms with Crippen molar-refractivity contribution in [3.8, 4) is 0 Å². The van der Waals surface area contributed by atoms with Gasteiger partial charge in [0.05, 0.1) is 0 Å². The summed E-state index contributed by atoms with van der Waals surface area (Å²) in [4.78, 5) is 16.0. The summed E-state index contributed by atoms with van der Waals surface area (Å²) in [6, 6.07) is 7.81. The minimum Gasteiger partial charge on any atom is -0.378 e. The number of hydrogen-bond acceptors (Lipinski definition) is 3. The monoisotopic (exact) mass is 233 g/mol. The van der Waals surface area contributed by atoms with Gasteiger partial charge in [0, 0.05) is 44.5 Å². The fraction of sp³-hybridized carbons (Fsp3) is 0.462. The number of carbonyl (C=O) groups is 1. The van der Waals surface area contributed by atoms with Gasteiger partial charge in [0.2, 0.25) is 0 Å².